The van der Waals surface area contributed by atoms with Crippen LogP contribution in [0.3, 0.4) is 0 Å². The molecule has 0 radical (unpaired) electrons. The van der Waals surface area contributed by atoms with Crippen LogP contribution in [-0.2, 0) is 19.5 Å². The standard InChI is InChI=1S/C23H21N3OS/c1-2-17-5-7-18(8-6-17)14-26(15-19-4-3-11-24-13-19)23(27)20-9-10-21-22(12-20)28-16-25-21/h3-13,16H,2,14-15H2,1H3. The lowest BCUT2D eigenvalue weighted by Crippen LogP contribution is -2.30. The fraction of sp³-hybridized carbons (Fsp3) is 0.174. The van der Waals surface area contributed by atoms with Crippen molar-refractivity contribution in [3.8, 4) is 0 Å². The van der Waals surface area contributed by atoms with Crippen LogP contribution in [0.1, 0.15) is 34.0 Å². The van der Waals surface area contributed by atoms with Crippen LogP contribution in [0.2, 0.25) is 0 Å². The van der Waals surface area contributed by atoms with Gasteiger partial charge in [0.05, 0.1) is 15.7 Å². The SMILES string of the molecule is CCc1ccc(CN(Cc2cccnc2)C(=O)c2ccc3ncsc3c2)cc1. The van der Waals surface area contributed by atoms with Crippen LogP contribution >= 0.6 is 11.3 Å². The smallest absolute Gasteiger partial charge is 0.254 e. The van der Waals surface area contributed by atoms with E-state index >= 15 is 0 Å². The van der Waals surface area contributed by atoms with Crippen molar-refractivity contribution in [3.05, 3.63) is 94.8 Å². The average Bonchev–Trinajstić information content (AvgIpc) is 3.22. The van der Waals surface area contributed by atoms with Crippen molar-refractivity contribution in [3.63, 3.8) is 0 Å². The van der Waals surface area contributed by atoms with E-state index in [2.05, 4.69) is 41.2 Å². The summed E-state index contributed by atoms with van der Waals surface area (Å²) < 4.78 is 1.03. The number of benzene rings is 2. The fourth-order valence-electron chi connectivity index (χ4n) is 3.18. The molecule has 140 valence electrons. The van der Waals surface area contributed by atoms with E-state index in [1.165, 1.54) is 5.56 Å². The number of carbonyl (C=O) groups is 1. The van der Waals surface area contributed by atoms with Crippen LogP contribution < -0.4 is 0 Å². The molecule has 2 heterocycles. The third-order valence-electron chi connectivity index (χ3n) is 4.77. The first-order valence-electron chi connectivity index (χ1n) is 9.32. The molecule has 0 aliphatic heterocycles. The van der Waals surface area contributed by atoms with Gasteiger partial charge in [-0.2, -0.15) is 0 Å². The second kappa shape index (κ2) is 8.31. The summed E-state index contributed by atoms with van der Waals surface area (Å²) in [6, 6.07) is 18.1. The summed E-state index contributed by atoms with van der Waals surface area (Å²) in [5.41, 5.74) is 6.85. The molecule has 2 aromatic heterocycles. The van der Waals surface area contributed by atoms with Gasteiger partial charge in [0.25, 0.3) is 5.91 Å². The Balaban J connectivity index is 1.63. The van der Waals surface area contributed by atoms with Crippen molar-refractivity contribution in [1.29, 1.82) is 0 Å². The Morgan fingerprint density at radius 1 is 1.00 bits per heavy atom. The molecule has 0 aliphatic rings. The Hall–Kier alpha value is -3.05. The lowest BCUT2D eigenvalue weighted by Gasteiger charge is -2.23. The van der Waals surface area contributed by atoms with Crippen molar-refractivity contribution in [1.82, 2.24) is 14.9 Å². The van der Waals surface area contributed by atoms with Gasteiger partial charge in [-0.25, -0.2) is 4.98 Å². The van der Waals surface area contributed by atoms with Gasteiger partial charge < -0.3 is 4.90 Å². The van der Waals surface area contributed by atoms with E-state index in [9.17, 15) is 4.79 Å². The first-order valence-corrected chi connectivity index (χ1v) is 10.2. The quantitative estimate of drug-likeness (QED) is 0.463. The molecule has 5 heteroatoms. The third-order valence-corrected chi connectivity index (χ3v) is 5.56. The predicted octanol–water partition coefficient (Wildman–Crippen LogP) is 5.10. The van der Waals surface area contributed by atoms with E-state index < -0.39 is 0 Å². The maximum atomic E-state index is 13.3. The van der Waals surface area contributed by atoms with Crippen molar-refractivity contribution >= 4 is 27.5 Å². The van der Waals surface area contributed by atoms with Gasteiger partial charge in [-0.05, 0) is 47.4 Å². The number of amides is 1. The van der Waals surface area contributed by atoms with E-state index in [-0.39, 0.29) is 5.91 Å². The molecule has 0 spiro atoms. The van der Waals surface area contributed by atoms with Crippen molar-refractivity contribution < 1.29 is 4.79 Å². The molecule has 4 nitrogen and oxygen atoms in total. The van der Waals surface area contributed by atoms with Gasteiger partial charge in [0.15, 0.2) is 0 Å². The zero-order chi connectivity index (χ0) is 19.3. The van der Waals surface area contributed by atoms with Gasteiger partial charge >= 0.3 is 0 Å². The van der Waals surface area contributed by atoms with Crippen LogP contribution in [0.15, 0.2) is 72.5 Å². The van der Waals surface area contributed by atoms with E-state index in [0.717, 1.165) is 27.8 Å². The number of thiazole rings is 1. The summed E-state index contributed by atoms with van der Waals surface area (Å²) >= 11 is 1.55. The number of pyridine rings is 1. The van der Waals surface area contributed by atoms with Crippen molar-refractivity contribution in [2.45, 2.75) is 26.4 Å². The molecule has 1 amide bonds. The largest absolute Gasteiger partial charge is 0.330 e. The van der Waals surface area contributed by atoms with Crippen LogP contribution in [0.5, 0.6) is 0 Å². The van der Waals surface area contributed by atoms with Crippen LogP contribution in [-0.4, -0.2) is 20.8 Å². The molecule has 4 rings (SSSR count). The number of aromatic nitrogens is 2. The fourth-order valence-corrected chi connectivity index (χ4v) is 3.90. The number of fused-ring (bicyclic) bond motifs is 1. The van der Waals surface area contributed by atoms with Gasteiger partial charge in [0.2, 0.25) is 0 Å². The summed E-state index contributed by atoms with van der Waals surface area (Å²) in [6.45, 7) is 3.21. The summed E-state index contributed by atoms with van der Waals surface area (Å²) in [4.78, 5) is 23.7. The average molecular weight is 388 g/mol. The molecular weight excluding hydrogens is 366 g/mol. The van der Waals surface area contributed by atoms with E-state index in [0.29, 0.717) is 18.7 Å². The van der Waals surface area contributed by atoms with Crippen LogP contribution in [0.4, 0.5) is 0 Å². The summed E-state index contributed by atoms with van der Waals surface area (Å²) in [5, 5.41) is 0. The van der Waals surface area contributed by atoms with Gasteiger partial charge in [0, 0.05) is 31.0 Å². The van der Waals surface area contributed by atoms with Crippen molar-refractivity contribution in [2.75, 3.05) is 0 Å². The van der Waals surface area contributed by atoms with Crippen molar-refractivity contribution in [2.24, 2.45) is 0 Å². The van der Waals surface area contributed by atoms with Crippen LogP contribution in [0, 0.1) is 0 Å². The van der Waals surface area contributed by atoms with Gasteiger partial charge in [-0.15, -0.1) is 11.3 Å². The summed E-state index contributed by atoms with van der Waals surface area (Å²) in [7, 11) is 0. The molecule has 0 unspecified atom stereocenters. The Bertz CT molecular complexity index is 1070. The maximum absolute atomic E-state index is 13.3. The van der Waals surface area contributed by atoms with Gasteiger partial charge in [-0.1, -0.05) is 37.3 Å². The highest BCUT2D eigenvalue weighted by molar-refractivity contribution is 7.16. The molecule has 0 aliphatic carbocycles. The molecule has 2 aromatic carbocycles. The highest BCUT2D eigenvalue weighted by atomic mass is 32.1. The lowest BCUT2D eigenvalue weighted by molar-refractivity contribution is 0.0730. The summed E-state index contributed by atoms with van der Waals surface area (Å²) in [6.07, 6.45) is 4.57. The number of hydrogen-bond acceptors (Lipinski definition) is 4. The molecule has 0 N–H and O–H groups in total. The normalized spacial score (nSPS) is 10.9. The van der Waals surface area contributed by atoms with Crippen LogP contribution in [0.25, 0.3) is 10.2 Å². The summed E-state index contributed by atoms with van der Waals surface area (Å²) in [5.74, 6) is 0.0127. The lowest BCUT2D eigenvalue weighted by atomic mass is 10.1. The third kappa shape index (κ3) is 4.10. The number of hydrogen-bond donors (Lipinski definition) is 0. The Kier molecular flexibility index (Phi) is 5.44. The highest BCUT2D eigenvalue weighted by Gasteiger charge is 2.18. The first kappa shape index (κ1) is 18.3. The minimum atomic E-state index is 0.0127. The molecule has 0 fully saturated rings. The maximum Gasteiger partial charge on any atom is 0.254 e. The number of aryl methyl sites for hydroxylation is 1. The molecule has 0 saturated carbocycles. The highest BCUT2D eigenvalue weighted by Crippen LogP contribution is 2.21. The van der Waals surface area contributed by atoms with Gasteiger partial charge in [0.1, 0.15) is 0 Å². The topological polar surface area (TPSA) is 46.1 Å². The number of rotatable bonds is 6. The molecule has 0 saturated heterocycles. The van der Waals surface area contributed by atoms with E-state index in [1.54, 1.807) is 17.5 Å². The Labute approximate surface area is 168 Å². The first-order chi connectivity index (χ1) is 13.7. The zero-order valence-corrected chi connectivity index (χ0v) is 16.5. The number of carbonyl (C=O) groups excluding carboxylic acids is 1. The molecule has 0 bridgehead atoms. The second-order valence-electron chi connectivity index (χ2n) is 6.73. The molecule has 28 heavy (non-hydrogen) atoms. The van der Waals surface area contributed by atoms with E-state index in [1.807, 2.05) is 46.9 Å². The number of nitrogens with zero attached hydrogens (tertiary/aromatic N) is 3. The molecular formula is C23H21N3OS. The molecule has 4 aromatic rings. The minimum Gasteiger partial charge on any atom is -0.330 e. The van der Waals surface area contributed by atoms with Gasteiger partial charge in [-0.3, -0.25) is 9.78 Å². The van der Waals surface area contributed by atoms with E-state index in [4.69, 9.17) is 0 Å². The predicted molar refractivity (Wildman–Crippen MR) is 113 cm³/mol. The second-order valence-corrected chi connectivity index (χ2v) is 7.61. The Morgan fingerprint density at radius 3 is 2.54 bits per heavy atom. The monoisotopic (exact) mass is 387 g/mol. The Morgan fingerprint density at radius 2 is 1.79 bits per heavy atom. The zero-order valence-electron chi connectivity index (χ0n) is 15.7. The molecule has 0 atom stereocenters. The minimum absolute atomic E-state index is 0.0127.